The van der Waals surface area contributed by atoms with E-state index in [-0.39, 0.29) is 0 Å². The molecule has 5 fully saturated rings. The van der Waals surface area contributed by atoms with E-state index in [0.717, 1.165) is 226 Å². The van der Waals surface area contributed by atoms with Gasteiger partial charge in [-0.25, -0.2) is 0 Å². The molecule has 0 saturated carbocycles. The third-order valence-corrected chi connectivity index (χ3v) is 36.1. The van der Waals surface area contributed by atoms with Crippen LogP contribution in [0.25, 0.3) is 0 Å². The smallest absolute Gasteiger partial charge is 0.326 e. The molecule has 4 unspecified atom stereocenters. The minimum absolute atomic E-state index is 0.665. The van der Waals surface area contributed by atoms with Crippen LogP contribution in [0.4, 0.5) is 0 Å². The zero-order valence-electron chi connectivity index (χ0n) is 42.8. The molecular formula is C44H100N10O6Si5. The largest absolute Gasteiger partial charge is 0.416 e. The number of rotatable bonds is 32. The molecule has 5 heterocycles. The lowest BCUT2D eigenvalue weighted by molar-refractivity contribution is 0.198. The highest BCUT2D eigenvalue weighted by Gasteiger charge is 2.53. The maximum Gasteiger partial charge on any atom is 0.326 e. The first-order valence-corrected chi connectivity index (χ1v) is 39.2. The lowest BCUT2D eigenvalue weighted by Gasteiger charge is -2.46. The van der Waals surface area contributed by atoms with E-state index in [0.29, 0.717) is 13.2 Å². The number of piperazine rings is 5. The minimum Gasteiger partial charge on any atom is -0.416 e. The van der Waals surface area contributed by atoms with Crippen molar-refractivity contribution in [1.82, 2.24) is 51.1 Å². The molecule has 65 heavy (non-hydrogen) atoms. The number of hydrogen-bond acceptors (Lipinski definition) is 16. The van der Waals surface area contributed by atoms with E-state index in [1.807, 2.05) is 0 Å². The van der Waals surface area contributed by atoms with Gasteiger partial charge in [0.15, 0.2) is 0 Å². The Hall–Kier alpha value is 0.444. The summed E-state index contributed by atoms with van der Waals surface area (Å²) in [6, 6.07) is 4.76. The molecule has 0 aromatic rings. The second kappa shape index (κ2) is 29.7. The molecule has 5 aliphatic heterocycles. The summed E-state index contributed by atoms with van der Waals surface area (Å²) in [5.41, 5.74) is 0. The molecule has 4 atom stereocenters. The Balaban J connectivity index is 1.41. The summed E-state index contributed by atoms with van der Waals surface area (Å²) in [6.07, 6.45) is 5.35. The van der Waals surface area contributed by atoms with E-state index in [4.69, 9.17) is 25.3 Å². The fourth-order valence-electron chi connectivity index (χ4n) is 10.9. The van der Waals surface area contributed by atoms with Crippen LogP contribution in [0.5, 0.6) is 0 Å². The van der Waals surface area contributed by atoms with Crippen LogP contribution in [-0.2, 0) is 25.3 Å². The van der Waals surface area contributed by atoms with Crippen LogP contribution in [0.1, 0.15) is 46.0 Å². The number of nitrogens with one attached hydrogen (secondary N) is 5. The first-order valence-electron chi connectivity index (χ1n) is 26.6. The summed E-state index contributed by atoms with van der Waals surface area (Å²) in [4.78, 5) is 13.1. The Morgan fingerprint density at radius 3 is 0.692 bits per heavy atom. The van der Waals surface area contributed by atoms with Crippen molar-refractivity contribution in [2.24, 2.45) is 0 Å². The molecule has 0 aromatic heterocycles. The molecule has 5 saturated heterocycles. The van der Waals surface area contributed by atoms with Gasteiger partial charge in [-0.15, -0.1) is 0 Å². The molecule has 5 N–H and O–H groups in total. The van der Waals surface area contributed by atoms with Crippen molar-refractivity contribution in [2.45, 2.75) is 109 Å². The summed E-state index contributed by atoms with van der Waals surface area (Å²) in [5, 5.41) is 17.7. The number of nitrogens with zero attached hydrogens (tertiary/aromatic N) is 5. The quantitative estimate of drug-likeness (QED) is 0.0633. The SMILES string of the molecule is CCO[Si](C)(CCCN1CCNCC1)O[Si](C)(CCCN1CCNCC1)O[Si](C)(CCCN1CCNCC1)O[Si](C)(CCCN1CCNCC1)O[Si](C)(CCCN1CCNCC1)OCC. The van der Waals surface area contributed by atoms with Gasteiger partial charge >= 0.3 is 42.8 Å². The van der Waals surface area contributed by atoms with Gasteiger partial charge in [-0.2, -0.15) is 0 Å². The lowest BCUT2D eigenvalue weighted by Crippen LogP contribution is -2.63. The summed E-state index contributed by atoms with van der Waals surface area (Å²) >= 11 is 0. The van der Waals surface area contributed by atoms with Gasteiger partial charge < -0.3 is 76.4 Å². The van der Waals surface area contributed by atoms with Crippen molar-refractivity contribution < 1.29 is 25.3 Å². The molecule has 0 spiro atoms. The molecule has 21 heteroatoms. The third kappa shape index (κ3) is 21.8. The van der Waals surface area contributed by atoms with Gasteiger partial charge in [-0.05, 0) is 142 Å². The molecule has 5 rings (SSSR count). The fourth-order valence-corrected chi connectivity index (χ4v) is 36.4. The van der Waals surface area contributed by atoms with Crippen molar-refractivity contribution in [3.05, 3.63) is 0 Å². The van der Waals surface area contributed by atoms with Gasteiger partial charge in [-0.1, -0.05) is 0 Å². The van der Waals surface area contributed by atoms with Crippen LogP contribution in [0, 0.1) is 0 Å². The molecule has 382 valence electrons. The third-order valence-electron chi connectivity index (χ3n) is 14.2. The van der Waals surface area contributed by atoms with E-state index in [2.05, 4.69) is 97.7 Å². The standard InChI is InChI=1S/C44H100N10O6Si5/c1-8-55-61(3,40-10-25-50-30-15-45-16-31-50)57-63(5,42-12-27-52-34-19-47-20-35-52)59-65(7,44-14-29-54-38-23-49-24-39-54)60-64(6,43-13-28-53-36-21-48-22-37-53)58-62(4,56-9-2)41-11-26-51-32-17-46-18-33-51/h45-49H,8-44H2,1-7H3. The Morgan fingerprint density at radius 2 is 0.492 bits per heavy atom. The van der Waals surface area contributed by atoms with Crippen molar-refractivity contribution in [3.63, 3.8) is 0 Å². The predicted octanol–water partition coefficient (Wildman–Crippen LogP) is 2.96. The van der Waals surface area contributed by atoms with Gasteiger partial charge in [0.05, 0.1) is 0 Å². The predicted molar refractivity (Wildman–Crippen MR) is 279 cm³/mol. The summed E-state index contributed by atoms with van der Waals surface area (Å²) in [6.45, 7) is 44.6. The molecule has 16 nitrogen and oxygen atoms in total. The van der Waals surface area contributed by atoms with Gasteiger partial charge in [0.1, 0.15) is 0 Å². The summed E-state index contributed by atoms with van der Waals surface area (Å²) < 4.78 is 45.0. The van der Waals surface area contributed by atoms with Crippen LogP contribution in [0.3, 0.4) is 0 Å². The molecule has 0 aliphatic carbocycles. The maximum absolute atomic E-state index is 7.98. The molecular weight excluding hydrogens is 905 g/mol. The second-order valence-electron chi connectivity index (χ2n) is 20.4. The van der Waals surface area contributed by atoms with Crippen molar-refractivity contribution >= 4 is 42.8 Å². The van der Waals surface area contributed by atoms with Crippen molar-refractivity contribution in [3.8, 4) is 0 Å². The van der Waals surface area contributed by atoms with Gasteiger partial charge in [0.2, 0.25) is 0 Å². The monoisotopic (exact) mass is 1000 g/mol. The summed E-state index contributed by atoms with van der Waals surface area (Å²) in [7, 11) is -14.0. The molecule has 5 aliphatic rings. The van der Waals surface area contributed by atoms with E-state index in [9.17, 15) is 0 Å². The van der Waals surface area contributed by atoms with Crippen LogP contribution in [-0.4, -0.2) is 244 Å². The zero-order chi connectivity index (χ0) is 46.3. The maximum atomic E-state index is 7.98. The minimum atomic E-state index is -2.96. The molecule has 0 amide bonds. The average molecular weight is 1010 g/mol. The Kier molecular flexibility index (Phi) is 25.8. The van der Waals surface area contributed by atoms with E-state index >= 15 is 0 Å². The first-order chi connectivity index (χ1) is 31.3. The van der Waals surface area contributed by atoms with Crippen molar-refractivity contribution in [2.75, 3.05) is 177 Å². The van der Waals surface area contributed by atoms with E-state index in [1.54, 1.807) is 0 Å². The Labute approximate surface area is 403 Å². The highest BCUT2D eigenvalue weighted by atomic mass is 28.5. The van der Waals surface area contributed by atoms with Crippen LogP contribution >= 0.6 is 0 Å². The second-order valence-corrected chi connectivity index (χ2v) is 38.1. The zero-order valence-corrected chi connectivity index (χ0v) is 47.8. The van der Waals surface area contributed by atoms with Gasteiger partial charge in [0, 0.05) is 144 Å². The molecule has 0 radical (unpaired) electrons. The fraction of sp³-hybridized carbons (Fsp3) is 1.00. The highest BCUT2D eigenvalue weighted by Crippen LogP contribution is 2.36. The normalized spacial score (nSPS) is 25.3. The van der Waals surface area contributed by atoms with Crippen molar-refractivity contribution in [1.29, 1.82) is 0 Å². The van der Waals surface area contributed by atoms with Gasteiger partial charge in [-0.3, -0.25) is 0 Å². The number of hydrogen-bond donors (Lipinski definition) is 5. The molecule has 0 aromatic carbocycles. The lowest BCUT2D eigenvalue weighted by atomic mass is 10.3. The topological polar surface area (TPSA) is 132 Å². The highest BCUT2D eigenvalue weighted by molar-refractivity contribution is 6.90. The van der Waals surface area contributed by atoms with E-state index in [1.165, 1.54) is 0 Å². The van der Waals surface area contributed by atoms with Crippen LogP contribution < -0.4 is 26.6 Å². The Bertz CT molecular complexity index is 1200. The first kappa shape index (κ1) is 56.4. The average Bonchev–Trinajstić information content (AvgIpc) is 3.28. The molecule has 0 bridgehead atoms. The van der Waals surface area contributed by atoms with Gasteiger partial charge in [0.25, 0.3) is 0 Å². The van der Waals surface area contributed by atoms with Crippen LogP contribution in [0.2, 0.25) is 63.0 Å². The Morgan fingerprint density at radius 1 is 0.308 bits per heavy atom. The van der Waals surface area contributed by atoms with Crippen LogP contribution in [0.15, 0.2) is 0 Å². The summed E-state index contributed by atoms with van der Waals surface area (Å²) in [5.74, 6) is 0. The van der Waals surface area contributed by atoms with E-state index < -0.39 is 42.8 Å².